The maximum Gasteiger partial charge on any atom is 0.303 e. The van der Waals surface area contributed by atoms with E-state index in [9.17, 15) is 18.0 Å². The minimum absolute atomic E-state index is 0.0160. The number of benzene rings is 1. The van der Waals surface area contributed by atoms with E-state index in [-0.39, 0.29) is 23.0 Å². The summed E-state index contributed by atoms with van der Waals surface area (Å²) in [5.74, 6) is -1.14. The molecule has 7 heteroatoms. The third-order valence-electron chi connectivity index (χ3n) is 2.96. The first-order valence-corrected chi connectivity index (χ1v) is 8.35. The zero-order chi connectivity index (χ0) is 15.9. The molecule has 0 fully saturated rings. The second kappa shape index (κ2) is 7.78. The molecular formula is C14H19NO5S. The number of unbranched alkanes of at least 4 members (excludes halogenated alkanes) is 1. The highest BCUT2D eigenvalue weighted by atomic mass is 32.2. The Morgan fingerprint density at radius 2 is 1.76 bits per heavy atom. The number of carboxylic acid groups (broad SMARTS) is 1. The van der Waals surface area contributed by atoms with Crippen LogP contribution in [0, 0.1) is 0 Å². The van der Waals surface area contributed by atoms with Gasteiger partial charge in [0.05, 0.1) is 10.6 Å². The molecule has 0 radical (unpaired) electrons. The van der Waals surface area contributed by atoms with Crippen molar-refractivity contribution in [3.05, 3.63) is 29.8 Å². The fourth-order valence-corrected chi connectivity index (χ4v) is 2.57. The van der Waals surface area contributed by atoms with Gasteiger partial charge in [0, 0.05) is 18.5 Å². The highest BCUT2D eigenvalue weighted by molar-refractivity contribution is 7.91. The largest absolute Gasteiger partial charge is 0.481 e. The molecule has 116 valence electrons. The maximum absolute atomic E-state index is 11.8. The third-order valence-corrected chi connectivity index (χ3v) is 4.71. The molecule has 21 heavy (non-hydrogen) atoms. The highest BCUT2D eigenvalue weighted by Crippen LogP contribution is 2.12. The molecule has 1 aromatic carbocycles. The zero-order valence-corrected chi connectivity index (χ0v) is 12.6. The normalized spacial score (nSPS) is 11.1. The predicted molar refractivity (Wildman–Crippen MR) is 78.0 cm³/mol. The van der Waals surface area contributed by atoms with Crippen LogP contribution in [0.4, 0.5) is 0 Å². The van der Waals surface area contributed by atoms with E-state index >= 15 is 0 Å². The van der Waals surface area contributed by atoms with E-state index in [2.05, 4.69) is 5.32 Å². The molecule has 0 spiro atoms. The topological polar surface area (TPSA) is 101 Å². The van der Waals surface area contributed by atoms with Gasteiger partial charge in [0.2, 0.25) is 0 Å². The van der Waals surface area contributed by atoms with Crippen LogP contribution in [-0.4, -0.2) is 37.7 Å². The lowest BCUT2D eigenvalue weighted by atomic mass is 10.2. The molecule has 0 aliphatic rings. The van der Waals surface area contributed by atoms with E-state index in [1.165, 1.54) is 24.3 Å². The smallest absolute Gasteiger partial charge is 0.303 e. The van der Waals surface area contributed by atoms with Crippen molar-refractivity contribution in [1.82, 2.24) is 5.32 Å². The number of sulfone groups is 1. The van der Waals surface area contributed by atoms with Crippen LogP contribution in [0.3, 0.4) is 0 Å². The van der Waals surface area contributed by atoms with E-state index in [0.29, 0.717) is 24.9 Å². The van der Waals surface area contributed by atoms with Crippen LogP contribution in [0.25, 0.3) is 0 Å². The summed E-state index contributed by atoms with van der Waals surface area (Å²) in [5.41, 5.74) is 0.378. The number of hydrogen-bond acceptors (Lipinski definition) is 4. The first-order valence-electron chi connectivity index (χ1n) is 6.69. The number of amides is 1. The number of rotatable bonds is 8. The predicted octanol–water partition coefficient (Wildman–Crippen LogP) is 1.46. The summed E-state index contributed by atoms with van der Waals surface area (Å²) < 4.78 is 23.3. The zero-order valence-electron chi connectivity index (χ0n) is 11.8. The van der Waals surface area contributed by atoms with Crippen LogP contribution in [-0.2, 0) is 14.6 Å². The molecule has 2 N–H and O–H groups in total. The standard InChI is InChI=1S/C14H19NO5S/c1-2-21(19,20)12-8-6-11(7-9-12)14(18)15-10-4-3-5-13(16)17/h6-9H,2-5,10H2,1H3,(H,15,18)(H,16,17). The Morgan fingerprint density at radius 1 is 1.14 bits per heavy atom. The fraction of sp³-hybridized carbons (Fsp3) is 0.429. The maximum atomic E-state index is 11.8. The summed E-state index contributed by atoms with van der Waals surface area (Å²) in [7, 11) is -3.26. The first kappa shape index (κ1) is 17.2. The van der Waals surface area contributed by atoms with E-state index in [4.69, 9.17) is 5.11 Å². The van der Waals surface area contributed by atoms with Crippen LogP contribution < -0.4 is 5.32 Å². The number of nitrogens with one attached hydrogen (secondary N) is 1. The fourth-order valence-electron chi connectivity index (χ4n) is 1.69. The SMILES string of the molecule is CCS(=O)(=O)c1ccc(C(=O)NCCCCC(=O)O)cc1. The van der Waals surface area contributed by atoms with Crippen LogP contribution >= 0.6 is 0 Å². The molecule has 1 amide bonds. The average molecular weight is 313 g/mol. The summed E-state index contributed by atoms with van der Waals surface area (Å²) in [6.45, 7) is 1.95. The number of carbonyl (C=O) groups excluding carboxylic acids is 1. The lowest BCUT2D eigenvalue weighted by molar-refractivity contribution is -0.137. The van der Waals surface area contributed by atoms with Gasteiger partial charge in [0.1, 0.15) is 0 Å². The first-order chi connectivity index (χ1) is 9.86. The number of carboxylic acids is 1. The molecule has 0 bridgehead atoms. The van der Waals surface area contributed by atoms with Gasteiger partial charge in [0.15, 0.2) is 9.84 Å². The number of aliphatic carboxylic acids is 1. The van der Waals surface area contributed by atoms with E-state index in [1.54, 1.807) is 6.92 Å². The molecule has 6 nitrogen and oxygen atoms in total. The average Bonchev–Trinajstić information content (AvgIpc) is 2.46. The summed E-state index contributed by atoms with van der Waals surface area (Å²) in [6, 6.07) is 5.76. The molecule has 0 atom stereocenters. The Labute approximate surface area is 124 Å². The van der Waals surface area contributed by atoms with Crippen molar-refractivity contribution in [1.29, 1.82) is 0 Å². The van der Waals surface area contributed by atoms with Crippen LogP contribution in [0.5, 0.6) is 0 Å². The van der Waals surface area contributed by atoms with Gasteiger partial charge >= 0.3 is 5.97 Å². The Hall–Kier alpha value is -1.89. The molecule has 1 aromatic rings. The third kappa shape index (κ3) is 5.55. The summed E-state index contributed by atoms with van der Waals surface area (Å²) in [6.07, 6.45) is 1.17. The Balaban J connectivity index is 2.50. The van der Waals surface area contributed by atoms with Gasteiger partial charge in [-0.05, 0) is 37.1 Å². The van der Waals surface area contributed by atoms with Crippen molar-refractivity contribution >= 4 is 21.7 Å². The van der Waals surface area contributed by atoms with Gasteiger partial charge in [-0.2, -0.15) is 0 Å². The lowest BCUT2D eigenvalue weighted by Crippen LogP contribution is -2.24. The number of hydrogen-bond donors (Lipinski definition) is 2. The second-order valence-corrected chi connectivity index (χ2v) is 6.81. The monoisotopic (exact) mass is 313 g/mol. The van der Waals surface area contributed by atoms with E-state index in [1.807, 2.05) is 0 Å². The quantitative estimate of drug-likeness (QED) is 0.708. The van der Waals surface area contributed by atoms with Crippen LogP contribution in [0.15, 0.2) is 29.2 Å². The van der Waals surface area contributed by atoms with Crippen molar-refractivity contribution in [2.75, 3.05) is 12.3 Å². The molecule has 0 aliphatic carbocycles. The molecule has 0 saturated heterocycles. The Bertz CT molecular complexity index is 592. The molecule has 1 rings (SSSR count). The number of carbonyl (C=O) groups is 2. The van der Waals surface area contributed by atoms with Gasteiger partial charge in [0.25, 0.3) is 5.91 Å². The molecule has 0 unspecified atom stereocenters. The van der Waals surface area contributed by atoms with Crippen molar-refractivity contribution in [2.45, 2.75) is 31.1 Å². The molecular weight excluding hydrogens is 294 g/mol. The Morgan fingerprint density at radius 3 is 2.29 bits per heavy atom. The highest BCUT2D eigenvalue weighted by Gasteiger charge is 2.12. The van der Waals surface area contributed by atoms with Gasteiger partial charge in [-0.15, -0.1) is 0 Å². The van der Waals surface area contributed by atoms with E-state index < -0.39 is 15.8 Å². The minimum Gasteiger partial charge on any atom is -0.481 e. The second-order valence-electron chi connectivity index (χ2n) is 4.53. The van der Waals surface area contributed by atoms with Crippen LogP contribution in [0.2, 0.25) is 0 Å². The van der Waals surface area contributed by atoms with Crippen molar-refractivity contribution in [3.63, 3.8) is 0 Å². The summed E-state index contributed by atoms with van der Waals surface area (Å²) >= 11 is 0. The lowest BCUT2D eigenvalue weighted by Gasteiger charge is -2.06. The van der Waals surface area contributed by atoms with Gasteiger partial charge in [-0.3, -0.25) is 9.59 Å². The van der Waals surface area contributed by atoms with Crippen molar-refractivity contribution < 1.29 is 23.1 Å². The van der Waals surface area contributed by atoms with Crippen LogP contribution in [0.1, 0.15) is 36.5 Å². The van der Waals surface area contributed by atoms with Gasteiger partial charge < -0.3 is 10.4 Å². The minimum atomic E-state index is -3.26. The molecule has 0 heterocycles. The molecule has 0 saturated carbocycles. The van der Waals surface area contributed by atoms with Gasteiger partial charge in [-0.1, -0.05) is 6.92 Å². The Kier molecular flexibility index (Phi) is 6.36. The van der Waals surface area contributed by atoms with Crippen molar-refractivity contribution in [3.8, 4) is 0 Å². The molecule has 0 aromatic heterocycles. The summed E-state index contributed by atoms with van der Waals surface area (Å²) in [4.78, 5) is 22.3. The summed E-state index contributed by atoms with van der Waals surface area (Å²) in [5, 5.41) is 11.1. The van der Waals surface area contributed by atoms with E-state index in [0.717, 1.165) is 0 Å². The van der Waals surface area contributed by atoms with Gasteiger partial charge in [-0.25, -0.2) is 8.42 Å². The molecule has 0 aliphatic heterocycles. The van der Waals surface area contributed by atoms with Crippen molar-refractivity contribution in [2.24, 2.45) is 0 Å².